The minimum absolute atomic E-state index is 0.170. The van der Waals surface area contributed by atoms with Crippen LogP contribution in [0.4, 0.5) is 14.5 Å². The van der Waals surface area contributed by atoms with Gasteiger partial charge in [-0.25, -0.2) is 8.78 Å². The second kappa shape index (κ2) is 9.75. The van der Waals surface area contributed by atoms with Crippen LogP contribution in [0.2, 0.25) is 0 Å². The lowest BCUT2D eigenvalue weighted by Crippen LogP contribution is -2.49. The summed E-state index contributed by atoms with van der Waals surface area (Å²) in [6.07, 6.45) is 1.93. The number of amides is 1. The Morgan fingerprint density at radius 3 is 2.21 bits per heavy atom. The van der Waals surface area contributed by atoms with Crippen LogP contribution in [-0.2, 0) is 0 Å². The summed E-state index contributed by atoms with van der Waals surface area (Å²) in [5.41, 5.74) is 2.16. The minimum Gasteiger partial charge on any atom is -0.366 e. The topological polar surface area (TPSA) is 40.6 Å². The van der Waals surface area contributed by atoms with Gasteiger partial charge in [0.05, 0.1) is 5.69 Å². The molecular weight excluding hydrogens is 442 g/mol. The second-order valence-electron chi connectivity index (χ2n) is 7.89. The molecule has 3 aromatic carbocycles. The molecule has 4 nitrogen and oxygen atoms in total. The van der Waals surface area contributed by atoms with E-state index in [1.165, 1.54) is 30.8 Å². The van der Waals surface area contributed by atoms with Crippen molar-refractivity contribution < 1.29 is 18.4 Å². The van der Waals surface area contributed by atoms with Gasteiger partial charge in [0.1, 0.15) is 11.6 Å². The molecule has 1 amide bonds. The molecular formula is C26H24F2N2O2S. The van der Waals surface area contributed by atoms with E-state index in [4.69, 9.17) is 0 Å². The average molecular weight is 467 g/mol. The number of thioether (sulfide) groups is 1. The Morgan fingerprint density at radius 1 is 0.848 bits per heavy atom. The fraction of sp³-hybridized carbons (Fsp3) is 0.231. The van der Waals surface area contributed by atoms with Crippen LogP contribution in [-0.4, -0.2) is 49.0 Å². The van der Waals surface area contributed by atoms with Crippen LogP contribution in [0.3, 0.4) is 0 Å². The summed E-state index contributed by atoms with van der Waals surface area (Å²) in [6, 6.07) is 16.4. The van der Waals surface area contributed by atoms with Gasteiger partial charge in [-0.2, -0.15) is 0 Å². The normalized spacial score (nSPS) is 13.8. The Bertz CT molecular complexity index is 1210. The summed E-state index contributed by atoms with van der Waals surface area (Å²) in [4.78, 5) is 29.5. The number of benzene rings is 3. The van der Waals surface area contributed by atoms with E-state index in [2.05, 4.69) is 0 Å². The highest BCUT2D eigenvalue weighted by Crippen LogP contribution is 2.31. The van der Waals surface area contributed by atoms with E-state index in [1.807, 2.05) is 17.2 Å². The van der Waals surface area contributed by atoms with E-state index in [9.17, 15) is 18.4 Å². The van der Waals surface area contributed by atoms with Crippen molar-refractivity contribution in [3.8, 4) is 11.1 Å². The number of carbonyl (C=O) groups excluding carboxylic acids is 2. The molecule has 0 spiro atoms. The zero-order chi connectivity index (χ0) is 23.5. The molecule has 1 aliphatic rings. The largest absolute Gasteiger partial charge is 0.366 e. The number of halogens is 2. The first kappa shape index (κ1) is 23.0. The quantitative estimate of drug-likeness (QED) is 0.367. The fourth-order valence-corrected chi connectivity index (χ4v) is 4.48. The third kappa shape index (κ3) is 4.78. The summed E-state index contributed by atoms with van der Waals surface area (Å²) < 4.78 is 29.1. The number of hydrogen-bond donors (Lipinski definition) is 0. The Kier molecular flexibility index (Phi) is 6.79. The zero-order valence-electron chi connectivity index (χ0n) is 18.5. The van der Waals surface area contributed by atoms with E-state index in [-0.39, 0.29) is 17.5 Å². The second-order valence-corrected chi connectivity index (χ2v) is 8.77. The summed E-state index contributed by atoms with van der Waals surface area (Å²) in [5, 5.41) is 0. The van der Waals surface area contributed by atoms with E-state index in [0.29, 0.717) is 54.1 Å². The molecule has 4 rings (SSSR count). The third-order valence-electron chi connectivity index (χ3n) is 5.88. The van der Waals surface area contributed by atoms with Crippen molar-refractivity contribution in [1.29, 1.82) is 0 Å². The molecule has 0 aromatic heterocycles. The Hall–Kier alpha value is -3.19. The monoisotopic (exact) mass is 466 g/mol. The van der Waals surface area contributed by atoms with Crippen LogP contribution < -0.4 is 4.90 Å². The van der Waals surface area contributed by atoms with Crippen LogP contribution in [0, 0.1) is 11.6 Å². The molecule has 0 aliphatic carbocycles. The lowest BCUT2D eigenvalue weighted by molar-refractivity contribution is 0.0747. The molecule has 1 fully saturated rings. The Balaban J connectivity index is 1.56. The maximum Gasteiger partial charge on any atom is 0.254 e. The number of piperazine rings is 1. The zero-order valence-corrected chi connectivity index (χ0v) is 19.3. The number of anilines is 1. The summed E-state index contributed by atoms with van der Waals surface area (Å²) in [6.45, 7) is 3.14. The summed E-state index contributed by atoms with van der Waals surface area (Å²) in [7, 11) is 0. The van der Waals surface area contributed by atoms with Gasteiger partial charge in [0.25, 0.3) is 5.91 Å². The van der Waals surface area contributed by atoms with E-state index < -0.39 is 5.82 Å². The number of Topliss-reactive ketones (excluding diaryl/α,β-unsaturated/α-hetero) is 1. The molecule has 0 unspecified atom stereocenters. The number of nitrogens with zero attached hydrogens (tertiary/aromatic N) is 2. The van der Waals surface area contributed by atoms with Crippen LogP contribution >= 0.6 is 11.8 Å². The van der Waals surface area contributed by atoms with E-state index in [1.54, 1.807) is 47.4 Å². The van der Waals surface area contributed by atoms with Gasteiger partial charge in [-0.15, -0.1) is 11.8 Å². The van der Waals surface area contributed by atoms with Crippen molar-refractivity contribution in [2.24, 2.45) is 0 Å². The van der Waals surface area contributed by atoms with E-state index in [0.717, 1.165) is 4.90 Å². The van der Waals surface area contributed by atoms with Crippen molar-refractivity contribution in [1.82, 2.24) is 4.90 Å². The predicted molar refractivity (Wildman–Crippen MR) is 128 cm³/mol. The molecule has 0 N–H and O–H groups in total. The smallest absolute Gasteiger partial charge is 0.254 e. The van der Waals surface area contributed by atoms with Gasteiger partial charge in [-0.3, -0.25) is 9.59 Å². The fourth-order valence-electron chi connectivity index (χ4n) is 4.04. The third-order valence-corrected chi connectivity index (χ3v) is 6.61. The lowest BCUT2D eigenvalue weighted by atomic mass is 9.98. The van der Waals surface area contributed by atoms with Gasteiger partial charge >= 0.3 is 0 Å². The summed E-state index contributed by atoms with van der Waals surface area (Å²) in [5.74, 6) is -1.18. The first-order valence-corrected chi connectivity index (χ1v) is 11.9. The highest BCUT2D eigenvalue weighted by atomic mass is 32.2. The number of ketones is 1. The summed E-state index contributed by atoms with van der Waals surface area (Å²) >= 11 is 1.52. The standard InChI is InChI=1S/C26H24F2N2O2S/c1-17(31)18-7-10-25(24(28)15-18)29-11-13-30(14-12-29)26(32)22-16-19(33-2)8-9-20(22)21-5-3-4-6-23(21)27/h3-10,15-16H,11-14H2,1-2H3. The molecule has 3 aromatic rings. The van der Waals surface area contributed by atoms with Crippen LogP contribution in [0.1, 0.15) is 27.6 Å². The first-order valence-electron chi connectivity index (χ1n) is 10.7. The van der Waals surface area contributed by atoms with E-state index >= 15 is 0 Å². The first-order chi connectivity index (χ1) is 15.9. The molecule has 0 radical (unpaired) electrons. The predicted octanol–water partition coefficient (Wildman–Crippen LogP) is 5.52. The maximum absolute atomic E-state index is 14.6. The highest BCUT2D eigenvalue weighted by molar-refractivity contribution is 7.98. The molecule has 33 heavy (non-hydrogen) atoms. The van der Waals surface area contributed by atoms with Gasteiger partial charge in [0, 0.05) is 47.8 Å². The van der Waals surface area contributed by atoms with Crippen LogP contribution in [0.25, 0.3) is 11.1 Å². The van der Waals surface area contributed by atoms with Crippen molar-refractivity contribution in [2.45, 2.75) is 11.8 Å². The van der Waals surface area contributed by atoms with Gasteiger partial charge in [0.15, 0.2) is 5.78 Å². The van der Waals surface area contributed by atoms with Gasteiger partial charge in [-0.05, 0) is 55.1 Å². The Morgan fingerprint density at radius 2 is 1.58 bits per heavy atom. The molecule has 1 heterocycles. The van der Waals surface area contributed by atoms with Crippen molar-refractivity contribution in [3.63, 3.8) is 0 Å². The molecule has 0 atom stereocenters. The molecule has 1 aliphatic heterocycles. The van der Waals surface area contributed by atoms with Crippen molar-refractivity contribution in [3.05, 3.63) is 83.4 Å². The van der Waals surface area contributed by atoms with Gasteiger partial charge in [0.2, 0.25) is 0 Å². The molecule has 0 bridgehead atoms. The molecule has 7 heteroatoms. The maximum atomic E-state index is 14.6. The number of rotatable bonds is 5. The van der Waals surface area contributed by atoms with Crippen molar-refractivity contribution in [2.75, 3.05) is 37.3 Å². The number of hydrogen-bond acceptors (Lipinski definition) is 4. The SMILES string of the molecule is CSc1ccc(-c2ccccc2F)c(C(=O)N2CCN(c3ccc(C(C)=O)cc3F)CC2)c1. The van der Waals surface area contributed by atoms with Crippen LogP contribution in [0.15, 0.2) is 65.6 Å². The molecule has 0 saturated carbocycles. The number of carbonyl (C=O) groups is 2. The lowest BCUT2D eigenvalue weighted by Gasteiger charge is -2.36. The molecule has 170 valence electrons. The molecule has 1 saturated heterocycles. The Labute approximate surface area is 196 Å². The van der Waals surface area contributed by atoms with Gasteiger partial charge < -0.3 is 9.80 Å². The highest BCUT2D eigenvalue weighted by Gasteiger charge is 2.26. The van der Waals surface area contributed by atoms with Crippen LogP contribution in [0.5, 0.6) is 0 Å². The average Bonchev–Trinajstić information content (AvgIpc) is 2.83. The minimum atomic E-state index is -0.447. The van der Waals surface area contributed by atoms with Gasteiger partial charge in [-0.1, -0.05) is 24.3 Å². The van der Waals surface area contributed by atoms with Crippen molar-refractivity contribution >= 4 is 29.1 Å².